The average Bonchev–Trinajstić information content (AvgIpc) is 3.12. The first-order chi connectivity index (χ1) is 12.0. The number of nitrogens with one attached hydrogen (secondary N) is 1. The molecule has 1 aromatic carbocycles. The number of amides is 1. The molecule has 2 heterocycles. The summed E-state index contributed by atoms with van der Waals surface area (Å²) < 4.78 is 14.7. The Morgan fingerprint density at radius 1 is 1.28 bits per heavy atom. The van der Waals surface area contributed by atoms with E-state index < -0.39 is 17.8 Å². The van der Waals surface area contributed by atoms with Crippen molar-refractivity contribution in [3.63, 3.8) is 0 Å². The number of aromatic nitrogens is 2. The quantitative estimate of drug-likeness (QED) is 0.776. The summed E-state index contributed by atoms with van der Waals surface area (Å²) in [6, 6.07) is 10.4. The van der Waals surface area contributed by atoms with Gasteiger partial charge in [-0.2, -0.15) is 5.10 Å². The lowest BCUT2D eigenvalue weighted by Crippen LogP contribution is -2.33. The third-order valence-corrected chi connectivity index (χ3v) is 4.68. The summed E-state index contributed by atoms with van der Waals surface area (Å²) in [6.07, 6.45) is 0. The highest BCUT2D eigenvalue weighted by atomic mass is 32.1. The number of hydrogen-bond acceptors (Lipinski definition) is 4. The predicted octanol–water partition coefficient (Wildman–Crippen LogP) is 3.62. The second-order valence-corrected chi connectivity index (χ2v) is 6.56. The third kappa shape index (κ3) is 3.66. The molecule has 0 saturated carbocycles. The highest BCUT2D eigenvalue weighted by Crippen LogP contribution is 2.22. The van der Waals surface area contributed by atoms with Gasteiger partial charge in [0.05, 0.1) is 4.88 Å². The summed E-state index contributed by atoms with van der Waals surface area (Å²) in [4.78, 5) is 25.4. The number of aryl methyl sites for hydroxylation is 1. The molecule has 3 aromatic rings. The van der Waals surface area contributed by atoms with Crippen molar-refractivity contribution >= 4 is 22.9 Å². The van der Waals surface area contributed by atoms with Crippen molar-refractivity contribution < 1.29 is 9.18 Å². The van der Waals surface area contributed by atoms with Crippen molar-refractivity contribution in [3.8, 4) is 10.6 Å². The molecule has 128 valence electrons. The van der Waals surface area contributed by atoms with E-state index in [0.717, 1.165) is 9.56 Å². The van der Waals surface area contributed by atoms with E-state index in [9.17, 15) is 14.0 Å². The van der Waals surface area contributed by atoms with Crippen LogP contribution in [0.2, 0.25) is 0 Å². The lowest BCUT2D eigenvalue weighted by molar-refractivity contribution is -0.119. The lowest BCUT2D eigenvalue weighted by atomic mass is 10.2. The fourth-order valence-corrected chi connectivity index (χ4v) is 2.98. The van der Waals surface area contributed by atoms with Crippen LogP contribution < -0.4 is 10.9 Å². The normalized spacial score (nSPS) is 12.0. The lowest BCUT2D eigenvalue weighted by Gasteiger charge is -2.15. The van der Waals surface area contributed by atoms with Gasteiger partial charge in [0.2, 0.25) is 5.91 Å². The largest absolute Gasteiger partial charge is 0.324 e. The van der Waals surface area contributed by atoms with E-state index in [1.807, 2.05) is 17.5 Å². The Bertz CT molecular complexity index is 967. The molecule has 25 heavy (non-hydrogen) atoms. The van der Waals surface area contributed by atoms with Crippen LogP contribution in [0.4, 0.5) is 10.1 Å². The molecule has 0 saturated heterocycles. The molecule has 0 bridgehead atoms. The molecule has 1 N–H and O–H groups in total. The highest BCUT2D eigenvalue weighted by molar-refractivity contribution is 7.13. The molecule has 2 aromatic heterocycles. The minimum Gasteiger partial charge on any atom is -0.324 e. The zero-order chi connectivity index (χ0) is 18.0. The third-order valence-electron chi connectivity index (χ3n) is 3.78. The van der Waals surface area contributed by atoms with Gasteiger partial charge in [0.15, 0.2) is 0 Å². The van der Waals surface area contributed by atoms with Crippen LogP contribution in [-0.4, -0.2) is 15.7 Å². The van der Waals surface area contributed by atoms with Gasteiger partial charge in [-0.25, -0.2) is 9.07 Å². The Morgan fingerprint density at radius 3 is 2.76 bits per heavy atom. The molecule has 7 heteroatoms. The maximum atomic E-state index is 13.6. The van der Waals surface area contributed by atoms with Crippen molar-refractivity contribution in [2.45, 2.75) is 19.9 Å². The first kappa shape index (κ1) is 17.0. The van der Waals surface area contributed by atoms with Crippen molar-refractivity contribution in [2.24, 2.45) is 0 Å². The number of rotatable bonds is 4. The monoisotopic (exact) mass is 357 g/mol. The standard InChI is InChI=1S/C18H16FN3O2S/c1-11-5-6-13(10-14(11)19)20-18(24)12(2)22-17(23)8-7-15(21-22)16-4-3-9-25-16/h3-10,12H,1-2H3,(H,20,24). The second kappa shape index (κ2) is 6.98. The maximum absolute atomic E-state index is 13.6. The Morgan fingerprint density at radius 2 is 2.08 bits per heavy atom. The van der Waals surface area contributed by atoms with Crippen molar-refractivity contribution in [1.82, 2.24) is 9.78 Å². The van der Waals surface area contributed by atoms with E-state index in [1.54, 1.807) is 32.0 Å². The number of carbonyl (C=O) groups excluding carboxylic acids is 1. The Kier molecular flexibility index (Phi) is 4.76. The Balaban J connectivity index is 1.85. The summed E-state index contributed by atoms with van der Waals surface area (Å²) >= 11 is 1.50. The van der Waals surface area contributed by atoms with E-state index >= 15 is 0 Å². The summed E-state index contributed by atoms with van der Waals surface area (Å²) in [6.45, 7) is 3.22. The summed E-state index contributed by atoms with van der Waals surface area (Å²) in [7, 11) is 0. The fourth-order valence-electron chi connectivity index (χ4n) is 2.29. The molecule has 0 aliphatic carbocycles. The molecule has 0 spiro atoms. The number of hydrogen-bond donors (Lipinski definition) is 1. The van der Waals surface area contributed by atoms with Crippen LogP contribution in [-0.2, 0) is 4.79 Å². The van der Waals surface area contributed by atoms with Crippen molar-refractivity contribution in [3.05, 3.63) is 69.6 Å². The Hall–Kier alpha value is -2.80. The van der Waals surface area contributed by atoms with Crippen molar-refractivity contribution in [1.29, 1.82) is 0 Å². The van der Waals surface area contributed by atoms with E-state index in [1.165, 1.54) is 23.5 Å². The topological polar surface area (TPSA) is 64.0 Å². The maximum Gasteiger partial charge on any atom is 0.267 e. The molecular weight excluding hydrogens is 341 g/mol. The molecule has 0 aliphatic rings. The van der Waals surface area contributed by atoms with Gasteiger partial charge in [0, 0.05) is 11.8 Å². The van der Waals surface area contributed by atoms with Crippen LogP contribution in [0.25, 0.3) is 10.6 Å². The molecular formula is C18H16FN3O2S. The number of thiophene rings is 1. The SMILES string of the molecule is Cc1ccc(NC(=O)C(C)n2nc(-c3cccs3)ccc2=O)cc1F. The highest BCUT2D eigenvalue weighted by Gasteiger charge is 2.18. The van der Waals surface area contributed by atoms with Crippen LogP contribution in [0.5, 0.6) is 0 Å². The van der Waals surface area contributed by atoms with Gasteiger partial charge in [-0.05, 0) is 49.1 Å². The van der Waals surface area contributed by atoms with Gasteiger partial charge >= 0.3 is 0 Å². The van der Waals surface area contributed by atoms with Crippen LogP contribution >= 0.6 is 11.3 Å². The molecule has 0 aliphatic heterocycles. The van der Waals surface area contributed by atoms with E-state index in [-0.39, 0.29) is 5.56 Å². The van der Waals surface area contributed by atoms with E-state index in [2.05, 4.69) is 10.4 Å². The average molecular weight is 357 g/mol. The number of halogens is 1. The smallest absolute Gasteiger partial charge is 0.267 e. The van der Waals surface area contributed by atoms with Crippen LogP contribution in [0.15, 0.2) is 52.6 Å². The Labute approximate surface area is 147 Å². The molecule has 3 rings (SSSR count). The number of carbonyl (C=O) groups is 1. The molecule has 5 nitrogen and oxygen atoms in total. The summed E-state index contributed by atoms with van der Waals surface area (Å²) in [5, 5.41) is 8.81. The number of nitrogens with zero attached hydrogens (tertiary/aromatic N) is 2. The van der Waals surface area contributed by atoms with Crippen molar-refractivity contribution in [2.75, 3.05) is 5.32 Å². The predicted molar refractivity (Wildman–Crippen MR) is 96.3 cm³/mol. The number of anilines is 1. The van der Waals surface area contributed by atoms with Gasteiger partial charge in [-0.1, -0.05) is 12.1 Å². The first-order valence-electron chi connectivity index (χ1n) is 7.66. The summed E-state index contributed by atoms with van der Waals surface area (Å²) in [5.41, 5.74) is 1.07. The summed E-state index contributed by atoms with van der Waals surface area (Å²) in [5.74, 6) is -0.846. The van der Waals surface area contributed by atoms with Gasteiger partial charge in [0.25, 0.3) is 5.56 Å². The van der Waals surface area contributed by atoms with Gasteiger partial charge in [-0.3, -0.25) is 9.59 Å². The second-order valence-electron chi connectivity index (χ2n) is 5.61. The molecule has 0 fully saturated rings. The van der Waals surface area contributed by atoms with Crippen LogP contribution in [0.3, 0.4) is 0 Å². The molecule has 1 amide bonds. The fraction of sp³-hybridized carbons (Fsp3) is 0.167. The van der Waals surface area contributed by atoms with Gasteiger partial charge in [0.1, 0.15) is 17.6 Å². The van der Waals surface area contributed by atoms with E-state index in [0.29, 0.717) is 16.9 Å². The van der Waals surface area contributed by atoms with Crippen LogP contribution in [0, 0.1) is 12.7 Å². The number of benzene rings is 1. The van der Waals surface area contributed by atoms with E-state index in [4.69, 9.17) is 0 Å². The minimum absolute atomic E-state index is 0.336. The van der Waals surface area contributed by atoms with Crippen LogP contribution in [0.1, 0.15) is 18.5 Å². The zero-order valence-corrected chi connectivity index (χ0v) is 14.5. The van der Waals surface area contributed by atoms with Gasteiger partial charge in [-0.15, -0.1) is 11.3 Å². The minimum atomic E-state index is -0.836. The zero-order valence-electron chi connectivity index (χ0n) is 13.7. The molecule has 0 radical (unpaired) electrons. The van der Waals surface area contributed by atoms with Gasteiger partial charge < -0.3 is 5.32 Å². The molecule has 1 unspecified atom stereocenters. The first-order valence-corrected chi connectivity index (χ1v) is 8.54. The molecule has 1 atom stereocenters.